The van der Waals surface area contributed by atoms with E-state index in [2.05, 4.69) is 16.4 Å². The Morgan fingerprint density at radius 1 is 1.32 bits per heavy atom. The lowest BCUT2D eigenvalue weighted by atomic mass is 10.2. The Morgan fingerprint density at radius 2 is 2.16 bits per heavy atom. The minimum Gasteiger partial charge on any atom is -0.481 e. The average molecular weight is 276 g/mol. The molecule has 19 heavy (non-hydrogen) atoms. The van der Waals surface area contributed by atoms with E-state index >= 15 is 0 Å². The Bertz CT molecular complexity index is 525. The molecule has 2 N–H and O–H groups in total. The van der Waals surface area contributed by atoms with Crippen molar-refractivity contribution < 1.29 is 9.90 Å². The van der Waals surface area contributed by atoms with Gasteiger partial charge in [-0.05, 0) is 36.7 Å². The molecule has 0 fully saturated rings. The van der Waals surface area contributed by atoms with Gasteiger partial charge in [-0.1, -0.05) is 6.07 Å². The standard InChI is InChI=1S/C14H16N2O2S/c17-14(18)8-12-3-4-13(19-12)10-16-7-5-11-2-1-6-15-9-11/h1-4,6,9,16H,5,7-8,10H2,(H,17,18). The summed E-state index contributed by atoms with van der Waals surface area (Å²) in [5.41, 5.74) is 1.22. The van der Waals surface area contributed by atoms with Crippen LogP contribution in [0, 0.1) is 0 Å². The summed E-state index contributed by atoms with van der Waals surface area (Å²) in [6, 6.07) is 7.87. The largest absolute Gasteiger partial charge is 0.481 e. The second-order valence-corrected chi connectivity index (χ2v) is 5.48. The molecule has 0 unspecified atom stereocenters. The van der Waals surface area contributed by atoms with Crippen LogP contribution in [0.15, 0.2) is 36.7 Å². The molecule has 0 saturated heterocycles. The van der Waals surface area contributed by atoms with Gasteiger partial charge in [-0.25, -0.2) is 0 Å². The van der Waals surface area contributed by atoms with Crippen molar-refractivity contribution in [1.82, 2.24) is 10.3 Å². The first-order valence-corrected chi connectivity index (χ1v) is 6.94. The zero-order chi connectivity index (χ0) is 13.5. The van der Waals surface area contributed by atoms with Gasteiger partial charge in [0, 0.05) is 28.7 Å². The van der Waals surface area contributed by atoms with Gasteiger partial charge in [-0.2, -0.15) is 0 Å². The molecular weight excluding hydrogens is 260 g/mol. The molecule has 2 rings (SSSR count). The van der Waals surface area contributed by atoms with Gasteiger partial charge in [0.2, 0.25) is 0 Å². The number of thiophene rings is 1. The molecule has 5 heteroatoms. The molecule has 0 aliphatic heterocycles. The van der Waals surface area contributed by atoms with Gasteiger partial charge in [0.1, 0.15) is 0 Å². The van der Waals surface area contributed by atoms with Crippen molar-refractivity contribution in [3.05, 3.63) is 52.0 Å². The summed E-state index contributed by atoms with van der Waals surface area (Å²) in [5, 5.41) is 12.1. The number of rotatable bonds is 7. The summed E-state index contributed by atoms with van der Waals surface area (Å²) in [6.07, 6.45) is 4.70. The van der Waals surface area contributed by atoms with E-state index in [9.17, 15) is 4.79 Å². The van der Waals surface area contributed by atoms with Crippen molar-refractivity contribution in [2.24, 2.45) is 0 Å². The first kappa shape index (κ1) is 13.7. The molecule has 0 aromatic carbocycles. The molecule has 0 saturated carbocycles. The van der Waals surface area contributed by atoms with Crippen molar-refractivity contribution in [2.75, 3.05) is 6.54 Å². The number of nitrogens with one attached hydrogen (secondary N) is 1. The second-order valence-electron chi connectivity index (χ2n) is 4.23. The van der Waals surface area contributed by atoms with Gasteiger partial charge in [0.05, 0.1) is 6.42 Å². The highest BCUT2D eigenvalue weighted by Crippen LogP contribution is 2.16. The van der Waals surface area contributed by atoms with Crippen LogP contribution in [0.3, 0.4) is 0 Å². The highest BCUT2D eigenvalue weighted by molar-refractivity contribution is 7.12. The third kappa shape index (κ3) is 4.81. The van der Waals surface area contributed by atoms with Crippen LogP contribution in [0.5, 0.6) is 0 Å². The van der Waals surface area contributed by atoms with Crippen LogP contribution >= 0.6 is 11.3 Å². The number of aliphatic carboxylic acids is 1. The molecular formula is C14H16N2O2S. The number of carboxylic acid groups (broad SMARTS) is 1. The van der Waals surface area contributed by atoms with E-state index < -0.39 is 5.97 Å². The summed E-state index contributed by atoms with van der Waals surface area (Å²) in [7, 11) is 0. The Kier molecular flexibility index (Phi) is 5.06. The van der Waals surface area contributed by atoms with Gasteiger partial charge >= 0.3 is 5.97 Å². The summed E-state index contributed by atoms with van der Waals surface area (Å²) in [5.74, 6) is -0.780. The molecule has 2 aromatic heterocycles. The fourth-order valence-corrected chi connectivity index (χ4v) is 2.73. The lowest BCUT2D eigenvalue weighted by Gasteiger charge is -2.02. The Labute approximate surface area is 116 Å². The predicted octanol–water partition coefficient (Wildman–Crippen LogP) is 2.10. The molecule has 0 radical (unpaired) electrons. The quantitative estimate of drug-likeness (QED) is 0.760. The van der Waals surface area contributed by atoms with Crippen molar-refractivity contribution in [3.8, 4) is 0 Å². The average Bonchev–Trinajstić information content (AvgIpc) is 2.83. The van der Waals surface area contributed by atoms with Gasteiger partial charge in [-0.3, -0.25) is 9.78 Å². The first-order chi connectivity index (χ1) is 9.24. The van der Waals surface area contributed by atoms with Crippen LogP contribution in [-0.2, 0) is 24.2 Å². The molecule has 2 heterocycles. The Morgan fingerprint density at radius 3 is 2.89 bits per heavy atom. The summed E-state index contributed by atoms with van der Waals surface area (Å²) < 4.78 is 0. The van der Waals surface area contributed by atoms with Crippen LogP contribution in [0.4, 0.5) is 0 Å². The number of pyridine rings is 1. The summed E-state index contributed by atoms with van der Waals surface area (Å²) in [6.45, 7) is 1.67. The maximum absolute atomic E-state index is 10.6. The molecule has 2 aromatic rings. The maximum Gasteiger partial charge on any atom is 0.308 e. The lowest BCUT2D eigenvalue weighted by Crippen LogP contribution is -2.15. The zero-order valence-corrected chi connectivity index (χ0v) is 11.3. The number of hydrogen-bond acceptors (Lipinski definition) is 4. The molecule has 0 amide bonds. The first-order valence-electron chi connectivity index (χ1n) is 6.13. The topological polar surface area (TPSA) is 62.2 Å². The van der Waals surface area contributed by atoms with Crippen molar-refractivity contribution in [3.63, 3.8) is 0 Å². The SMILES string of the molecule is O=C(O)Cc1ccc(CNCCc2cccnc2)s1. The minimum atomic E-state index is -0.780. The third-order valence-electron chi connectivity index (χ3n) is 2.66. The van der Waals surface area contributed by atoms with E-state index in [1.165, 1.54) is 10.4 Å². The van der Waals surface area contributed by atoms with Crippen LogP contribution in [0.25, 0.3) is 0 Å². The Balaban J connectivity index is 1.71. The van der Waals surface area contributed by atoms with E-state index in [4.69, 9.17) is 5.11 Å². The van der Waals surface area contributed by atoms with Crippen LogP contribution in [-0.4, -0.2) is 22.6 Å². The highest BCUT2D eigenvalue weighted by Gasteiger charge is 2.04. The molecule has 0 atom stereocenters. The van der Waals surface area contributed by atoms with Crippen LogP contribution in [0.1, 0.15) is 15.3 Å². The van der Waals surface area contributed by atoms with Crippen molar-refractivity contribution in [2.45, 2.75) is 19.4 Å². The van der Waals surface area contributed by atoms with E-state index in [-0.39, 0.29) is 6.42 Å². The molecule has 0 spiro atoms. The van der Waals surface area contributed by atoms with Crippen LogP contribution < -0.4 is 5.32 Å². The molecule has 4 nitrogen and oxygen atoms in total. The van der Waals surface area contributed by atoms with Crippen molar-refractivity contribution >= 4 is 17.3 Å². The van der Waals surface area contributed by atoms with Gasteiger partial charge in [-0.15, -0.1) is 11.3 Å². The van der Waals surface area contributed by atoms with E-state index in [1.54, 1.807) is 17.5 Å². The lowest BCUT2D eigenvalue weighted by molar-refractivity contribution is -0.136. The Hall–Kier alpha value is -1.72. The normalized spacial score (nSPS) is 10.5. The van der Waals surface area contributed by atoms with E-state index in [0.29, 0.717) is 0 Å². The molecule has 0 aliphatic carbocycles. The molecule has 100 valence electrons. The predicted molar refractivity (Wildman–Crippen MR) is 75.3 cm³/mol. The summed E-state index contributed by atoms with van der Waals surface area (Å²) in [4.78, 5) is 16.7. The molecule has 0 aliphatic rings. The van der Waals surface area contributed by atoms with E-state index in [0.717, 1.165) is 24.4 Å². The maximum atomic E-state index is 10.6. The zero-order valence-electron chi connectivity index (χ0n) is 10.5. The molecule has 0 bridgehead atoms. The van der Waals surface area contributed by atoms with Crippen LogP contribution in [0.2, 0.25) is 0 Å². The number of carbonyl (C=O) groups is 1. The van der Waals surface area contributed by atoms with Gasteiger partial charge in [0.25, 0.3) is 0 Å². The van der Waals surface area contributed by atoms with E-state index in [1.807, 2.05) is 24.4 Å². The van der Waals surface area contributed by atoms with Gasteiger partial charge < -0.3 is 10.4 Å². The number of carboxylic acids is 1. The fourth-order valence-electron chi connectivity index (χ4n) is 1.75. The van der Waals surface area contributed by atoms with Gasteiger partial charge in [0.15, 0.2) is 0 Å². The number of aromatic nitrogens is 1. The summed E-state index contributed by atoms with van der Waals surface area (Å²) >= 11 is 1.55. The number of hydrogen-bond donors (Lipinski definition) is 2. The number of nitrogens with zero attached hydrogens (tertiary/aromatic N) is 1. The smallest absolute Gasteiger partial charge is 0.308 e. The monoisotopic (exact) mass is 276 g/mol. The minimum absolute atomic E-state index is 0.111. The third-order valence-corrected chi connectivity index (χ3v) is 3.74. The van der Waals surface area contributed by atoms with Crippen molar-refractivity contribution in [1.29, 1.82) is 0 Å². The second kappa shape index (κ2) is 7.01. The fraction of sp³-hybridized carbons (Fsp3) is 0.286. The highest BCUT2D eigenvalue weighted by atomic mass is 32.1.